The van der Waals surface area contributed by atoms with Crippen LogP contribution in [-0.4, -0.2) is 24.4 Å². The summed E-state index contributed by atoms with van der Waals surface area (Å²) >= 11 is 0. The standard InChI is InChI=1S/C24H26F4N2O/c1-5-17(18-8-10-19(25)11-9-18)7-6-16(2)23(3,28)24(31,15-30-29-4)21-13-12-20(26)14-22(21)27/h5-14,29-31H,2,15H2,1,3-4H3/b7-6-,17-5+. The van der Waals surface area contributed by atoms with Crippen LogP contribution in [0.5, 0.6) is 0 Å². The van der Waals surface area contributed by atoms with E-state index in [2.05, 4.69) is 17.4 Å². The zero-order valence-corrected chi connectivity index (χ0v) is 17.6. The minimum absolute atomic E-state index is 0.141. The lowest BCUT2D eigenvalue weighted by Gasteiger charge is -2.40. The van der Waals surface area contributed by atoms with Gasteiger partial charge in [-0.05, 0) is 55.8 Å². The molecule has 166 valence electrons. The maximum Gasteiger partial charge on any atom is 0.166 e. The third-order valence-corrected chi connectivity index (χ3v) is 5.23. The Kier molecular flexibility index (Phi) is 7.95. The molecule has 2 aromatic rings. The lowest BCUT2D eigenvalue weighted by Crippen LogP contribution is -2.55. The van der Waals surface area contributed by atoms with Gasteiger partial charge in [-0.25, -0.2) is 17.6 Å². The highest BCUT2D eigenvalue weighted by atomic mass is 19.1. The number of allylic oxidation sites excluding steroid dienone is 4. The summed E-state index contributed by atoms with van der Waals surface area (Å²) in [7, 11) is 1.51. The molecule has 0 aliphatic rings. The normalized spacial score (nSPS) is 16.2. The molecule has 2 rings (SSSR count). The largest absolute Gasteiger partial charge is 0.380 e. The van der Waals surface area contributed by atoms with E-state index >= 15 is 4.39 Å². The van der Waals surface area contributed by atoms with E-state index in [1.165, 1.54) is 25.3 Å². The summed E-state index contributed by atoms with van der Waals surface area (Å²) in [4.78, 5) is 0. The predicted molar refractivity (Wildman–Crippen MR) is 115 cm³/mol. The Balaban J connectivity index is 2.42. The lowest BCUT2D eigenvalue weighted by molar-refractivity contribution is -0.0810. The molecule has 7 heteroatoms. The van der Waals surface area contributed by atoms with E-state index in [-0.39, 0.29) is 11.4 Å². The molecule has 3 N–H and O–H groups in total. The van der Waals surface area contributed by atoms with E-state index < -0.39 is 35.0 Å². The summed E-state index contributed by atoms with van der Waals surface area (Å²) < 4.78 is 57.1. The number of halogens is 4. The molecule has 0 bridgehead atoms. The molecule has 3 nitrogen and oxygen atoms in total. The van der Waals surface area contributed by atoms with Gasteiger partial charge in [-0.1, -0.05) is 43.0 Å². The predicted octanol–water partition coefficient (Wildman–Crippen LogP) is 4.96. The quantitative estimate of drug-likeness (QED) is 0.297. The molecule has 0 heterocycles. The van der Waals surface area contributed by atoms with Crippen LogP contribution in [-0.2, 0) is 5.60 Å². The molecule has 2 atom stereocenters. The molecule has 0 saturated carbocycles. The second kappa shape index (κ2) is 10.0. The van der Waals surface area contributed by atoms with E-state index in [9.17, 15) is 18.3 Å². The highest BCUT2D eigenvalue weighted by Crippen LogP contribution is 2.42. The highest BCUT2D eigenvalue weighted by molar-refractivity contribution is 5.74. The zero-order chi connectivity index (χ0) is 23.2. The van der Waals surface area contributed by atoms with Crippen LogP contribution >= 0.6 is 0 Å². The van der Waals surface area contributed by atoms with Gasteiger partial charge in [0.2, 0.25) is 0 Å². The molecule has 2 unspecified atom stereocenters. The molecule has 0 spiro atoms. The molecule has 31 heavy (non-hydrogen) atoms. The zero-order valence-electron chi connectivity index (χ0n) is 17.6. The number of rotatable bonds is 9. The number of alkyl halides is 1. The van der Waals surface area contributed by atoms with Crippen molar-refractivity contribution in [2.24, 2.45) is 0 Å². The number of aliphatic hydroxyl groups is 1. The van der Waals surface area contributed by atoms with E-state index in [1.807, 2.05) is 0 Å². The Labute approximate surface area is 179 Å². The van der Waals surface area contributed by atoms with Crippen molar-refractivity contribution in [2.45, 2.75) is 25.1 Å². The SMILES string of the molecule is C=C(/C=C\C(=C/C)c1ccc(F)cc1)C(C)(F)C(O)(CNNC)c1ccc(F)cc1F. The van der Waals surface area contributed by atoms with E-state index in [4.69, 9.17) is 0 Å². The topological polar surface area (TPSA) is 44.3 Å². The van der Waals surface area contributed by atoms with Crippen LogP contribution in [0.2, 0.25) is 0 Å². The van der Waals surface area contributed by atoms with Gasteiger partial charge in [0.1, 0.15) is 23.1 Å². The average molecular weight is 434 g/mol. The second-order valence-electron chi connectivity index (χ2n) is 7.20. The number of hydrazine groups is 1. The molecule has 0 aliphatic carbocycles. The Hall–Kier alpha value is -2.74. The molecule has 0 fully saturated rings. The summed E-state index contributed by atoms with van der Waals surface area (Å²) in [5.41, 5.74) is 0.992. The van der Waals surface area contributed by atoms with Gasteiger partial charge >= 0.3 is 0 Å². The van der Waals surface area contributed by atoms with Crippen LogP contribution < -0.4 is 10.9 Å². The first-order valence-electron chi connectivity index (χ1n) is 9.63. The van der Waals surface area contributed by atoms with Gasteiger partial charge in [-0.3, -0.25) is 10.9 Å². The van der Waals surface area contributed by atoms with Gasteiger partial charge in [0, 0.05) is 18.2 Å². The van der Waals surface area contributed by atoms with E-state index in [0.717, 1.165) is 19.1 Å². The van der Waals surface area contributed by atoms with Gasteiger partial charge in [0.15, 0.2) is 5.67 Å². The highest BCUT2D eigenvalue weighted by Gasteiger charge is 2.51. The van der Waals surface area contributed by atoms with Crippen molar-refractivity contribution in [1.82, 2.24) is 10.9 Å². The van der Waals surface area contributed by atoms with E-state index in [0.29, 0.717) is 17.2 Å². The van der Waals surface area contributed by atoms with Gasteiger partial charge in [0.05, 0.1) is 0 Å². The first-order valence-corrected chi connectivity index (χ1v) is 9.63. The van der Waals surface area contributed by atoms with E-state index in [1.54, 1.807) is 31.2 Å². The Morgan fingerprint density at radius 1 is 1.06 bits per heavy atom. The van der Waals surface area contributed by atoms with Crippen molar-refractivity contribution in [2.75, 3.05) is 13.6 Å². The molecule has 0 aliphatic heterocycles. The van der Waals surface area contributed by atoms with Gasteiger partial charge in [0.25, 0.3) is 0 Å². The van der Waals surface area contributed by atoms with Crippen molar-refractivity contribution < 1.29 is 22.7 Å². The molecule has 0 aromatic heterocycles. The maximum absolute atomic E-state index is 16.0. The molecule has 2 aromatic carbocycles. The number of benzene rings is 2. The maximum atomic E-state index is 16.0. The summed E-state index contributed by atoms with van der Waals surface area (Å²) in [5, 5.41) is 11.3. The van der Waals surface area contributed by atoms with Crippen molar-refractivity contribution in [3.63, 3.8) is 0 Å². The third kappa shape index (κ3) is 5.31. The van der Waals surface area contributed by atoms with Crippen LogP contribution in [0.3, 0.4) is 0 Å². The average Bonchev–Trinajstić information content (AvgIpc) is 2.73. The molecule has 0 radical (unpaired) electrons. The molecule has 0 amide bonds. The van der Waals surface area contributed by atoms with Crippen molar-refractivity contribution >= 4 is 5.57 Å². The summed E-state index contributed by atoms with van der Waals surface area (Å²) in [6, 6.07) is 8.30. The molecular weight excluding hydrogens is 408 g/mol. The van der Waals surface area contributed by atoms with Crippen LogP contribution in [0.15, 0.2) is 72.8 Å². The Bertz CT molecular complexity index is 984. The van der Waals surface area contributed by atoms with Crippen LogP contribution in [0.1, 0.15) is 25.0 Å². The lowest BCUT2D eigenvalue weighted by atomic mass is 9.75. The Morgan fingerprint density at radius 2 is 1.68 bits per heavy atom. The second-order valence-corrected chi connectivity index (χ2v) is 7.20. The smallest absolute Gasteiger partial charge is 0.166 e. The minimum Gasteiger partial charge on any atom is -0.380 e. The van der Waals surface area contributed by atoms with Crippen LogP contribution in [0.25, 0.3) is 5.57 Å². The van der Waals surface area contributed by atoms with Crippen LogP contribution in [0, 0.1) is 17.5 Å². The van der Waals surface area contributed by atoms with Gasteiger partial charge in [-0.15, -0.1) is 0 Å². The number of hydrogen-bond acceptors (Lipinski definition) is 3. The monoisotopic (exact) mass is 434 g/mol. The minimum atomic E-state index is -2.55. The van der Waals surface area contributed by atoms with Gasteiger partial charge in [-0.2, -0.15) is 0 Å². The summed E-state index contributed by atoms with van der Waals surface area (Å²) in [5.74, 6) is -2.31. The first kappa shape index (κ1) is 24.5. The first-order chi connectivity index (χ1) is 14.6. The fourth-order valence-corrected chi connectivity index (χ4v) is 3.17. The summed E-state index contributed by atoms with van der Waals surface area (Å²) in [6.45, 7) is 6.15. The van der Waals surface area contributed by atoms with Crippen molar-refractivity contribution in [3.8, 4) is 0 Å². The van der Waals surface area contributed by atoms with Gasteiger partial charge < -0.3 is 5.11 Å². The number of nitrogens with one attached hydrogen (secondary N) is 2. The molecule has 0 saturated heterocycles. The Morgan fingerprint density at radius 3 is 2.23 bits per heavy atom. The van der Waals surface area contributed by atoms with Crippen molar-refractivity contribution in [3.05, 3.63) is 101 Å². The summed E-state index contributed by atoms with van der Waals surface area (Å²) in [6.07, 6.45) is 4.69. The van der Waals surface area contributed by atoms with Crippen molar-refractivity contribution in [1.29, 1.82) is 0 Å². The number of hydrogen-bond donors (Lipinski definition) is 3. The third-order valence-electron chi connectivity index (χ3n) is 5.23. The fourth-order valence-electron chi connectivity index (χ4n) is 3.17. The molecular formula is C24H26F4N2O. The van der Waals surface area contributed by atoms with Crippen LogP contribution in [0.4, 0.5) is 17.6 Å². The fraction of sp³-hybridized carbons (Fsp3) is 0.250.